The summed E-state index contributed by atoms with van der Waals surface area (Å²) in [6.07, 6.45) is 19.3. The maximum atomic E-state index is 10.1. The minimum absolute atomic E-state index is 0.149. The van der Waals surface area contributed by atoms with Gasteiger partial charge in [-0.25, -0.2) is 0 Å². The molecule has 0 unspecified atom stereocenters. The van der Waals surface area contributed by atoms with Crippen LogP contribution >= 0.6 is 11.8 Å². The summed E-state index contributed by atoms with van der Waals surface area (Å²) in [4.78, 5) is 10.1. The van der Waals surface area contributed by atoms with E-state index in [4.69, 9.17) is 0 Å². The molecule has 0 bridgehead atoms. The minimum atomic E-state index is -0.945. The number of unbranched alkanes of at least 4 members (excludes halogenated alkanes) is 10. The number of hydrogen-bond donors (Lipinski definition) is 0. The van der Waals surface area contributed by atoms with Crippen LogP contribution in [0.1, 0.15) is 118 Å². The number of carboxylic acids is 1. The maximum absolute atomic E-state index is 10.1. The Morgan fingerprint density at radius 2 is 1.04 bits per heavy atom. The van der Waals surface area contributed by atoms with Crippen molar-refractivity contribution >= 4 is 37.5 Å². The Kier molecular flexibility index (Phi) is 30.4. The molecule has 0 saturated heterocycles. The van der Waals surface area contributed by atoms with Gasteiger partial charge in [-0.3, -0.25) is 0 Å². The molecule has 0 amide bonds. The molecule has 0 aliphatic carbocycles. The zero-order chi connectivity index (χ0) is 21.3. The fraction of sp³-hybridized carbons (Fsp3) is 0.958. The first-order valence-electron chi connectivity index (χ1n) is 12.2. The molecule has 168 valence electrons. The van der Waals surface area contributed by atoms with Crippen LogP contribution in [0.5, 0.6) is 0 Å². The SMILES string of the molecule is CCCCCCCCCCSCC(=O)[O-].CCC[CH2][Sn+]([CH2]CCC)[CH2]CCC. The molecule has 0 aromatic rings. The van der Waals surface area contributed by atoms with Crippen LogP contribution in [0.25, 0.3) is 0 Å². The van der Waals surface area contributed by atoms with E-state index in [1.165, 1.54) is 95.2 Å². The van der Waals surface area contributed by atoms with Crippen molar-refractivity contribution in [2.24, 2.45) is 0 Å². The van der Waals surface area contributed by atoms with Crippen molar-refractivity contribution in [2.75, 3.05) is 11.5 Å². The van der Waals surface area contributed by atoms with Crippen molar-refractivity contribution in [3.05, 3.63) is 0 Å². The summed E-state index contributed by atoms with van der Waals surface area (Å²) in [7, 11) is 0. The van der Waals surface area contributed by atoms with Crippen molar-refractivity contribution < 1.29 is 9.90 Å². The van der Waals surface area contributed by atoms with E-state index in [0.717, 1.165) is 12.2 Å². The van der Waals surface area contributed by atoms with E-state index < -0.39 is 25.7 Å². The van der Waals surface area contributed by atoms with Gasteiger partial charge in [0.2, 0.25) is 0 Å². The number of aliphatic carboxylic acids is 1. The van der Waals surface area contributed by atoms with Gasteiger partial charge in [-0.15, -0.1) is 0 Å². The molecule has 0 rings (SSSR count). The standard InChI is InChI=1S/C12H24O2S.3C4H9.Sn/c1-2-3-4-5-6-7-8-9-10-15-11-12(13)14;3*1-3-4-2;/h2-11H2,1H3,(H,13,14);3*1,3-4H2,2H3;/q;;;;+1/p-1. The molecule has 0 atom stereocenters. The van der Waals surface area contributed by atoms with Gasteiger partial charge in [0.15, 0.2) is 0 Å². The Bertz CT molecular complexity index is 281. The summed E-state index contributed by atoms with van der Waals surface area (Å²) in [5, 5.41) is 10.1. The second-order valence-electron chi connectivity index (χ2n) is 7.96. The number of hydrogen-bond acceptors (Lipinski definition) is 3. The number of carbonyl (C=O) groups excluding carboxylic acids is 1. The van der Waals surface area contributed by atoms with Crippen molar-refractivity contribution in [3.63, 3.8) is 0 Å². The van der Waals surface area contributed by atoms with Crippen LogP contribution in [0.3, 0.4) is 0 Å². The number of carboxylic acid groups (broad SMARTS) is 1. The summed E-state index contributed by atoms with van der Waals surface area (Å²) in [5.41, 5.74) is 0. The summed E-state index contributed by atoms with van der Waals surface area (Å²) >= 11 is 0.632. The second kappa shape index (κ2) is 27.6. The van der Waals surface area contributed by atoms with Gasteiger partial charge in [-0.1, -0.05) is 51.9 Å². The van der Waals surface area contributed by atoms with E-state index in [1.54, 1.807) is 13.3 Å². The van der Waals surface area contributed by atoms with Crippen molar-refractivity contribution in [2.45, 2.75) is 131 Å². The third-order valence-electron chi connectivity index (χ3n) is 5.01. The van der Waals surface area contributed by atoms with E-state index in [1.807, 2.05) is 0 Å². The molecule has 0 spiro atoms. The number of thioether (sulfide) groups is 1. The molecule has 0 aromatic carbocycles. The van der Waals surface area contributed by atoms with Gasteiger partial charge in [0.1, 0.15) is 0 Å². The van der Waals surface area contributed by atoms with Crippen LogP contribution in [0.15, 0.2) is 0 Å². The Morgan fingerprint density at radius 1 is 0.643 bits per heavy atom. The Labute approximate surface area is 189 Å². The van der Waals surface area contributed by atoms with Crippen LogP contribution in [-0.2, 0) is 4.79 Å². The van der Waals surface area contributed by atoms with E-state index >= 15 is 0 Å². The molecule has 0 aliphatic rings. The van der Waals surface area contributed by atoms with Crippen molar-refractivity contribution in [1.29, 1.82) is 0 Å². The third-order valence-corrected chi connectivity index (χ3v) is 15.1. The van der Waals surface area contributed by atoms with Gasteiger partial charge in [0.05, 0.1) is 5.97 Å². The van der Waals surface area contributed by atoms with Crippen molar-refractivity contribution in [3.8, 4) is 0 Å². The summed E-state index contributed by atoms with van der Waals surface area (Å²) < 4.78 is 5.04. The van der Waals surface area contributed by atoms with E-state index in [0.29, 0.717) is 0 Å². The fourth-order valence-corrected chi connectivity index (χ4v) is 13.3. The van der Waals surface area contributed by atoms with E-state index in [9.17, 15) is 9.90 Å². The van der Waals surface area contributed by atoms with Gasteiger partial charge in [0, 0.05) is 5.75 Å². The van der Waals surface area contributed by atoms with E-state index in [2.05, 4.69) is 27.7 Å². The normalized spacial score (nSPS) is 10.4. The van der Waals surface area contributed by atoms with Gasteiger partial charge < -0.3 is 9.90 Å². The average molecular weight is 521 g/mol. The van der Waals surface area contributed by atoms with Gasteiger partial charge in [-0.2, -0.15) is 11.8 Å². The van der Waals surface area contributed by atoms with Gasteiger partial charge in [-0.05, 0) is 12.2 Å². The van der Waals surface area contributed by atoms with Crippen molar-refractivity contribution in [1.82, 2.24) is 0 Å². The third kappa shape index (κ3) is 28.8. The zero-order valence-corrected chi connectivity index (χ0v) is 23.3. The number of rotatable bonds is 20. The first-order valence-corrected chi connectivity index (χ1v) is 19.4. The molecular formula is C24H50O2SSn. The van der Waals surface area contributed by atoms with Gasteiger partial charge >= 0.3 is 92.4 Å². The molecule has 0 aliphatic heterocycles. The Morgan fingerprint density at radius 3 is 1.43 bits per heavy atom. The predicted octanol–water partition coefficient (Wildman–Crippen LogP) is 7.49. The molecule has 2 nitrogen and oxygen atoms in total. The van der Waals surface area contributed by atoms with Crippen LogP contribution < -0.4 is 5.11 Å². The predicted molar refractivity (Wildman–Crippen MR) is 130 cm³/mol. The second-order valence-corrected chi connectivity index (χ2v) is 17.6. The van der Waals surface area contributed by atoms with Crippen LogP contribution in [0.2, 0.25) is 13.3 Å². The van der Waals surface area contributed by atoms with E-state index in [-0.39, 0.29) is 5.75 Å². The summed E-state index contributed by atoms with van der Waals surface area (Å²) in [6.45, 7) is 9.23. The molecular weight excluding hydrogens is 471 g/mol. The summed E-state index contributed by atoms with van der Waals surface area (Å²) in [6, 6.07) is 0. The topological polar surface area (TPSA) is 40.1 Å². The molecule has 0 saturated carbocycles. The first-order chi connectivity index (χ1) is 13.6. The monoisotopic (exact) mass is 522 g/mol. The molecule has 0 heterocycles. The average Bonchev–Trinajstić information content (AvgIpc) is 2.69. The zero-order valence-electron chi connectivity index (χ0n) is 19.7. The van der Waals surface area contributed by atoms with Crippen LogP contribution in [0, 0.1) is 0 Å². The molecule has 0 N–H and O–H groups in total. The summed E-state index contributed by atoms with van der Waals surface area (Å²) in [5.74, 6) is 0.166. The Balaban J connectivity index is 0. The molecule has 0 fully saturated rings. The molecule has 0 radical (unpaired) electrons. The molecule has 4 heteroatoms. The quantitative estimate of drug-likeness (QED) is 0.123. The van der Waals surface area contributed by atoms with Gasteiger partial charge in [0.25, 0.3) is 0 Å². The van der Waals surface area contributed by atoms with Crippen LogP contribution in [-0.4, -0.2) is 37.2 Å². The first kappa shape index (κ1) is 30.8. The Hall–Kier alpha value is 0.619. The number of carbonyl (C=O) groups is 1. The fourth-order valence-electron chi connectivity index (χ4n) is 3.15. The molecule has 28 heavy (non-hydrogen) atoms. The van der Waals surface area contributed by atoms with Crippen LogP contribution in [0.4, 0.5) is 0 Å². The molecule has 0 aromatic heterocycles.